The van der Waals surface area contributed by atoms with Gasteiger partial charge in [0.25, 0.3) is 0 Å². The van der Waals surface area contributed by atoms with Crippen molar-refractivity contribution in [3.05, 3.63) is 11.9 Å². The number of ether oxygens (including phenoxy) is 1. The van der Waals surface area contributed by atoms with Gasteiger partial charge in [0.2, 0.25) is 5.82 Å². The molecule has 9 heteroatoms. The SMILES string of the molecule is CC1CN(c2cc(NN)nc(C(F)(F)F)n2)CC(C)(C)O1. The number of hydrogen-bond acceptors (Lipinski definition) is 6. The summed E-state index contributed by atoms with van der Waals surface area (Å²) in [5.41, 5.74) is 1.67. The lowest BCUT2D eigenvalue weighted by Gasteiger charge is -2.42. The monoisotopic (exact) mass is 305 g/mol. The Balaban J connectivity index is 2.38. The van der Waals surface area contributed by atoms with Gasteiger partial charge in [0.05, 0.1) is 11.7 Å². The molecule has 1 saturated heterocycles. The number of aromatic nitrogens is 2. The molecule has 1 atom stereocenters. The number of nitrogen functional groups attached to an aromatic ring is 1. The lowest BCUT2D eigenvalue weighted by atomic mass is 10.1. The number of morpholine rings is 1. The van der Waals surface area contributed by atoms with Crippen LogP contribution in [-0.2, 0) is 10.9 Å². The van der Waals surface area contributed by atoms with Crippen molar-refractivity contribution in [1.29, 1.82) is 0 Å². The van der Waals surface area contributed by atoms with Crippen LogP contribution in [0, 0.1) is 0 Å². The van der Waals surface area contributed by atoms with Crippen LogP contribution in [0.3, 0.4) is 0 Å². The summed E-state index contributed by atoms with van der Waals surface area (Å²) in [6.45, 7) is 6.49. The van der Waals surface area contributed by atoms with Gasteiger partial charge in [-0.25, -0.2) is 15.8 Å². The van der Waals surface area contributed by atoms with Crippen molar-refractivity contribution >= 4 is 11.6 Å². The third kappa shape index (κ3) is 3.73. The molecule has 1 aliphatic rings. The molecule has 6 nitrogen and oxygen atoms in total. The predicted octanol–water partition coefficient (Wildman–Crippen LogP) is 1.78. The fraction of sp³-hybridized carbons (Fsp3) is 0.667. The summed E-state index contributed by atoms with van der Waals surface area (Å²) in [6, 6.07) is 1.39. The maximum atomic E-state index is 12.8. The Bertz CT molecular complexity index is 520. The van der Waals surface area contributed by atoms with E-state index in [1.807, 2.05) is 20.8 Å². The first-order chi connectivity index (χ1) is 9.60. The van der Waals surface area contributed by atoms with E-state index in [2.05, 4.69) is 15.4 Å². The number of halogens is 3. The molecule has 0 amide bonds. The molecule has 1 fully saturated rings. The van der Waals surface area contributed by atoms with Crippen molar-refractivity contribution in [3.8, 4) is 0 Å². The minimum Gasteiger partial charge on any atom is -0.369 e. The summed E-state index contributed by atoms with van der Waals surface area (Å²) in [5.74, 6) is 4.07. The second kappa shape index (κ2) is 5.30. The second-order valence-corrected chi connectivity index (χ2v) is 5.65. The van der Waals surface area contributed by atoms with Gasteiger partial charge in [-0.15, -0.1) is 0 Å². The van der Waals surface area contributed by atoms with E-state index in [4.69, 9.17) is 10.6 Å². The molecule has 0 saturated carbocycles. The van der Waals surface area contributed by atoms with Crippen LogP contribution in [0.1, 0.15) is 26.6 Å². The van der Waals surface area contributed by atoms with Crippen LogP contribution < -0.4 is 16.2 Å². The summed E-state index contributed by atoms with van der Waals surface area (Å²) in [5, 5.41) is 0. The van der Waals surface area contributed by atoms with Crippen molar-refractivity contribution < 1.29 is 17.9 Å². The smallest absolute Gasteiger partial charge is 0.369 e. The van der Waals surface area contributed by atoms with E-state index in [-0.39, 0.29) is 17.7 Å². The molecular formula is C12H18F3N5O. The molecular weight excluding hydrogens is 287 g/mol. The van der Waals surface area contributed by atoms with Gasteiger partial charge in [-0.1, -0.05) is 0 Å². The Morgan fingerprint density at radius 2 is 2.10 bits per heavy atom. The second-order valence-electron chi connectivity index (χ2n) is 5.65. The van der Waals surface area contributed by atoms with E-state index in [0.29, 0.717) is 13.1 Å². The molecule has 2 heterocycles. The molecule has 2 rings (SSSR count). The molecule has 1 aliphatic heterocycles. The number of hydrogen-bond donors (Lipinski definition) is 2. The van der Waals surface area contributed by atoms with Crippen molar-refractivity contribution in [2.24, 2.45) is 5.84 Å². The summed E-state index contributed by atoms with van der Waals surface area (Å²) < 4.78 is 44.3. The van der Waals surface area contributed by atoms with E-state index in [1.165, 1.54) is 6.07 Å². The van der Waals surface area contributed by atoms with Gasteiger partial charge < -0.3 is 15.1 Å². The average Bonchev–Trinajstić information content (AvgIpc) is 2.34. The van der Waals surface area contributed by atoms with Crippen molar-refractivity contribution in [3.63, 3.8) is 0 Å². The van der Waals surface area contributed by atoms with Gasteiger partial charge in [-0.2, -0.15) is 13.2 Å². The summed E-state index contributed by atoms with van der Waals surface area (Å²) in [4.78, 5) is 8.70. The fourth-order valence-corrected chi connectivity index (χ4v) is 2.43. The number of nitrogens with two attached hydrogens (primary N) is 1. The number of nitrogens with one attached hydrogen (secondary N) is 1. The van der Waals surface area contributed by atoms with Crippen LogP contribution in [-0.4, -0.2) is 34.8 Å². The summed E-state index contributed by atoms with van der Waals surface area (Å²) in [6.07, 6.45) is -4.75. The van der Waals surface area contributed by atoms with Crippen molar-refractivity contribution in [1.82, 2.24) is 9.97 Å². The van der Waals surface area contributed by atoms with E-state index in [0.717, 1.165) is 0 Å². The standard InChI is InChI=1S/C12H18F3N5O/c1-7-5-20(6-11(2,3)21-7)9-4-8(19-16)17-10(18-9)12(13,14)15/h4,7H,5-6,16H2,1-3H3,(H,17,18,19). The highest BCUT2D eigenvalue weighted by molar-refractivity contribution is 5.49. The Hall–Kier alpha value is -1.61. The molecule has 0 aromatic carbocycles. The van der Waals surface area contributed by atoms with Gasteiger partial charge in [-0.3, -0.25) is 0 Å². The Kier molecular flexibility index (Phi) is 3.98. The highest BCUT2D eigenvalue weighted by Crippen LogP contribution is 2.31. The molecule has 0 radical (unpaired) electrons. The topological polar surface area (TPSA) is 76.3 Å². The van der Waals surface area contributed by atoms with E-state index in [9.17, 15) is 13.2 Å². The van der Waals surface area contributed by atoms with Crippen LogP contribution in [0.4, 0.5) is 24.8 Å². The fourth-order valence-electron chi connectivity index (χ4n) is 2.43. The van der Waals surface area contributed by atoms with Crippen LogP contribution in [0.15, 0.2) is 6.07 Å². The molecule has 1 unspecified atom stereocenters. The van der Waals surface area contributed by atoms with Crippen molar-refractivity contribution in [2.45, 2.75) is 38.7 Å². The molecule has 1 aromatic rings. The Morgan fingerprint density at radius 3 is 2.62 bits per heavy atom. The summed E-state index contributed by atoms with van der Waals surface area (Å²) >= 11 is 0. The summed E-state index contributed by atoms with van der Waals surface area (Å²) in [7, 11) is 0. The third-order valence-corrected chi connectivity index (χ3v) is 3.01. The van der Waals surface area contributed by atoms with Gasteiger partial charge in [0.15, 0.2) is 0 Å². The number of rotatable bonds is 2. The molecule has 0 aliphatic carbocycles. The highest BCUT2D eigenvalue weighted by Gasteiger charge is 2.37. The zero-order valence-electron chi connectivity index (χ0n) is 12.0. The van der Waals surface area contributed by atoms with Crippen LogP contribution in [0.2, 0.25) is 0 Å². The number of alkyl halides is 3. The lowest BCUT2D eigenvalue weighted by Crippen LogP contribution is -2.52. The van der Waals surface area contributed by atoms with Gasteiger partial charge in [0, 0.05) is 19.2 Å². The number of anilines is 2. The number of hydrazine groups is 1. The van der Waals surface area contributed by atoms with Gasteiger partial charge in [0.1, 0.15) is 11.6 Å². The van der Waals surface area contributed by atoms with E-state index < -0.39 is 17.6 Å². The third-order valence-electron chi connectivity index (χ3n) is 3.01. The average molecular weight is 305 g/mol. The number of nitrogens with zero attached hydrogens (tertiary/aromatic N) is 3. The lowest BCUT2D eigenvalue weighted by molar-refractivity contribution is -0.144. The zero-order valence-corrected chi connectivity index (χ0v) is 12.0. The predicted molar refractivity (Wildman–Crippen MR) is 71.7 cm³/mol. The van der Waals surface area contributed by atoms with Crippen LogP contribution in [0.5, 0.6) is 0 Å². The van der Waals surface area contributed by atoms with Crippen LogP contribution in [0.25, 0.3) is 0 Å². The molecule has 118 valence electrons. The first-order valence-electron chi connectivity index (χ1n) is 6.46. The molecule has 21 heavy (non-hydrogen) atoms. The molecule has 1 aromatic heterocycles. The highest BCUT2D eigenvalue weighted by atomic mass is 19.4. The molecule has 3 N–H and O–H groups in total. The maximum Gasteiger partial charge on any atom is 0.451 e. The van der Waals surface area contributed by atoms with Gasteiger partial charge >= 0.3 is 6.18 Å². The minimum absolute atomic E-state index is 0.0794. The Labute approximate surface area is 120 Å². The zero-order chi connectivity index (χ0) is 15.8. The Morgan fingerprint density at radius 1 is 1.43 bits per heavy atom. The first kappa shape index (κ1) is 15.8. The van der Waals surface area contributed by atoms with Gasteiger partial charge in [-0.05, 0) is 20.8 Å². The quantitative estimate of drug-likeness (QED) is 0.641. The first-order valence-corrected chi connectivity index (χ1v) is 6.46. The largest absolute Gasteiger partial charge is 0.451 e. The molecule has 0 spiro atoms. The van der Waals surface area contributed by atoms with Crippen molar-refractivity contribution in [2.75, 3.05) is 23.4 Å². The molecule has 0 bridgehead atoms. The van der Waals surface area contributed by atoms with Crippen LogP contribution >= 0.6 is 0 Å². The normalized spacial score (nSPS) is 22.2. The van der Waals surface area contributed by atoms with E-state index in [1.54, 1.807) is 4.90 Å². The maximum absolute atomic E-state index is 12.8. The minimum atomic E-state index is -4.63. The van der Waals surface area contributed by atoms with E-state index >= 15 is 0 Å².